The number of sulfonamides is 1. The van der Waals surface area contributed by atoms with E-state index in [9.17, 15) is 18.0 Å². The van der Waals surface area contributed by atoms with Crippen LogP contribution in [0.5, 0.6) is 17.2 Å². The van der Waals surface area contributed by atoms with E-state index in [0.717, 1.165) is 16.1 Å². The summed E-state index contributed by atoms with van der Waals surface area (Å²) in [7, 11) is 0.489. The first-order valence-corrected chi connectivity index (χ1v) is 14.0. The highest BCUT2D eigenvalue weighted by atomic mass is 32.2. The highest BCUT2D eigenvalue weighted by molar-refractivity contribution is 7.92. The maximum absolute atomic E-state index is 13.9. The zero-order chi connectivity index (χ0) is 28.7. The predicted octanol–water partition coefficient (Wildman–Crippen LogP) is 3.20. The quantitative estimate of drug-likeness (QED) is 0.432. The van der Waals surface area contributed by atoms with Crippen molar-refractivity contribution in [3.63, 3.8) is 0 Å². The number of hydrogen-bond acceptors (Lipinski definition) is 7. The third kappa shape index (κ3) is 8.27. The summed E-state index contributed by atoms with van der Waals surface area (Å²) < 4.78 is 42.7. The van der Waals surface area contributed by atoms with Crippen LogP contribution in [0.25, 0.3) is 0 Å². The third-order valence-corrected chi connectivity index (χ3v) is 6.86. The Hall–Kier alpha value is -3.47. The molecule has 0 radical (unpaired) electrons. The van der Waals surface area contributed by atoms with Crippen LogP contribution in [0.1, 0.15) is 39.7 Å². The first-order valence-electron chi connectivity index (χ1n) is 12.2. The van der Waals surface area contributed by atoms with Crippen molar-refractivity contribution >= 4 is 27.5 Å². The van der Waals surface area contributed by atoms with E-state index in [0.29, 0.717) is 17.9 Å². The number of carbonyl (C=O) groups excluding carboxylic acids is 2. The molecule has 0 aliphatic carbocycles. The summed E-state index contributed by atoms with van der Waals surface area (Å²) >= 11 is 0. The van der Waals surface area contributed by atoms with E-state index in [1.807, 2.05) is 20.8 Å². The number of carbonyl (C=O) groups is 2. The molecule has 0 spiro atoms. The van der Waals surface area contributed by atoms with Crippen molar-refractivity contribution in [1.82, 2.24) is 10.2 Å². The first kappa shape index (κ1) is 30.8. The molecule has 11 heteroatoms. The smallest absolute Gasteiger partial charge is 0.244 e. The van der Waals surface area contributed by atoms with Gasteiger partial charge in [-0.2, -0.15) is 0 Å². The van der Waals surface area contributed by atoms with E-state index in [2.05, 4.69) is 5.32 Å². The largest absolute Gasteiger partial charge is 0.497 e. The molecule has 0 fully saturated rings. The van der Waals surface area contributed by atoms with Crippen molar-refractivity contribution in [2.75, 3.05) is 38.4 Å². The summed E-state index contributed by atoms with van der Waals surface area (Å²) in [5, 5.41) is 2.94. The van der Waals surface area contributed by atoms with Crippen molar-refractivity contribution in [3.05, 3.63) is 48.0 Å². The van der Waals surface area contributed by atoms with E-state index in [4.69, 9.17) is 14.2 Å². The van der Waals surface area contributed by atoms with Crippen molar-refractivity contribution in [2.45, 2.75) is 52.2 Å². The number of anilines is 1. The van der Waals surface area contributed by atoms with Gasteiger partial charge in [-0.1, -0.05) is 19.1 Å². The van der Waals surface area contributed by atoms with Gasteiger partial charge in [0.1, 0.15) is 29.8 Å². The average molecular weight is 550 g/mol. The second kappa shape index (κ2) is 12.9. The Bertz CT molecular complexity index is 1210. The van der Waals surface area contributed by atoms with Crippen LogP contribution in [-0.2, 0) is 26.2 Å². The fourth-order valence-electron chi connectivity index (χ4n) is 3.89. The van der Waals surface area contributed by atoms with Crippen LogP contribution in [0.2, 0.25) is 0 Å². The molecule has 0 aliphatic heterocycles. The predicted molar refractivity (Wildman–Crippen MR) is 147 cm³/mol. The Balaban J connectivity index is 2.54. The molecule has 10 nitrogen and oxygen atoms in total. The summed E-state index contributed by atoms with van der Waals surface area (Å²) in [6.45, 7) is 6.92. The molecule has 0 aliphatic rings. The van der Waals surface area contributed by atoms with Crippen molar-refractivity contribution < 1.29 is 32.2 Å². The monoisotopic (exact) mass is 549 g/mol. The van der Waals surface area contributed by atoms with E-state index in [1.54, 1.807) is 50.4 Å². The molecule has 0 saturated carbocycles. The summed E-state index contributed by atoms with van der Waals surface area (Å²) in [5.74, 6) is 0.424. The van der Waals surface area contributed by atoms with Gasteiger partial charge in [-0.25, -0.2) is 8.42 Å². The lowest BCUT2D eigenvalue weighted by molar-refractivity contribution is -0.141. The van der Waals surface area contributed by atoms with Gasteiger partial charge in [-0.3, -0.25) is 13.9 Å². The minimum Gasteiger partial charge on any atom is -0.497 e. The number of ether oxygens (including phenoxy) is 3. The lowest BCUT2D eigenvalue weighted by Crippen LogP contribution is -2.55. The van der Waals surface area contributed by atoms with Crippen LogP contribution in [-0.4, -0.2) is 70.8 Å². The maximum atomic E-state index is 13.9. The standard InChI is InChI=1S/C27H39N3O7S/c1-9-22(26(32)28-27(2,3)4)29(17-19-10-12-20(35-5)13-11-19)25(31)18-30(38(8,33)34)23-16-21(36-6)14-15-24(23)37-7/h10-16,22H,9,17-18H2,1-8H3,(H,28,32). The molecule has 1 atom stereocenters. The number of hydrogen-bond donors (Lipinski definition) is 1. The topological polar surface area (TPSA) is 114 Å². The summed E-state index contributed by atoms with van der Waals surface area (Å²) in [6, 6.07) is 11.0. The minimum atomic E-state index is -3.93. The van der Waals surface area contributed by atoms with E-state index in [-0.39, 0.29) is 23.9 Å². The van der Waals surface area contributed by atoms with Gasteiger partial charge in [-0.15, -0.1) is 0 Å². The van der Waals surface area contributed by atoms with Crippen LogP contribution >= 0.6 is 0 Å². The second-order valence-corrected chi connectivity index (χ2v) is 11.7. The summed E-state index contributed by atoms with van der Waals surface area (Å²) in [4.78, 5) is 28.5. The highest BCUT2D eigenvalue weighted by Gasteiger charge is 2.33. The zero-order valence-electron chi connectivity index (χ0n) is 23.4. The second-order valence-electron chi connectivity index (χ2n) is 9.84. The molecular formula is C27H39N3O7S. The molecule has 2 rings (SSSR count). The molecule has 1 N–H and O–H groups in total. The van der Waals surface area contributed by atoms with Crippen molar-refractivity contribution in [3.8, 4) is 17.2 Å². The fourth-order valence-corrected chi connectivity index (χ4v) is 4.73. The lowest BCUT2D eigenvalue weighted by Gasteiger charge is -2.34. The van der Waals surface area contributed by atoms with Crippen molar-refractivity contribution in [1.29, 1.82) is 0 Å². The van der Waals surface area contributed by atoms with Gasteiger partial charge in [0.15, 0.2) is 0 Å². The van der Waals surface area contributed by atoms with Gasteiger partial charge in [-0.05, 0) is 57.0 Å². The Kier molecular flexibility index (Phi) is 10.4. The number of nitrogens with one attached hydrogen (secondary N) is 1. The van der Waals surface area contributed by atoms with Gasteiger partial charge in [0.05, 0.1) is 33.3 Å². The van der Waals surface area contributed by atoms with Crippen LogP contribution in [0, 0.1) is 0 Å². The van der Waals surface area contributed by atoms with Gasteiger partial charge in [0.2, 0.25) is 21.8 Å². The van der Waals surface area contributed by atoms with Crippen LogP contribution in [0.4, 0.5) is 5.69 Å². The van der Waals surface area contributed by atoms with Gasteiger partial charge in [0.25, 0.3) is 0 Å². The van der Waals surface area contributed by atoms with Crippen molar-refractivity contribution in [2.24, 2.45) is 0 Å². The SMILES string of the molecule is CCC(C(=O)NC(C)(C)C)N(Cc1ccc(OC)cc1)C(=O)CN(c1cc(OC)ccc1OC)S(C)(=O)=O. The van der Waals surface area contributed by atoms with Gasteiger partial charge < -0.3 is 24.4 Å². The lowest BCUT2D eigenvalue weighted by atomic mass is 10.1. The molecule has 0 heterocycles. The number of benzene rings is 2. The molecule has 2 aromatic carbocycles. The minimum absolute atomic E-state index is 0.0890. The molecule has 0 aromatic heterocycles. The zero-order valence-corrected chi connectivity index (χ0v) is 24.2. The first-order chi connectivity index (χ1) is 17.7. The van der Waals surface area contributed by atoms with Crippen LogP contribution in [0.15, 0.2) is 42.5 Å². The molecule has 210 valence electrons. The van der Waals surface area contributed by atoms with E-state index >= 15 is 0 Å². The third-order valence-electron chi connectivity index (χ3n) is 5.73. The highest BCUT2D eigenvalue weighted by Crippen LogP contribution is 2.34. The molecule has 1 unspecified atom stereocenters. The fraction of sp³-hybridized carbons (Fsp3) is 0.481. The molecule has 0 saturated heterocycles. The van der Waals surface area contributed by atoms with Crippen LogP contribution in [0.3, 0.4) is 0 Å². The van der Waals surface area contributed by atoms with Crippen LogP contribution < -0.4 is 23.8 Å². The van der Waals surface area contributed by atoms with E-state index in [1.165, 1.54) is 25.2 Å². The number of methoxy groups -OCH3 is 3. The Labute approximate surface area is 225 Å². The van der Waals surface area contributed by atoms with Gasteiger partial charge in [0, 0.05) is 18.2 Å². The summed E-state index contributed by atoms with van der Waals surface area (Å²) in [6.07, 6.45) is 1.34. The molecule has 0 bridgehead atoms. The Morgan fingerprint density at radius 2 is 1.53 bits per heavy atom. The Morgan fingerprint density at radius 1 is 0.947 bits per heavy atom. The maximum Gasteiger partial charge on any atom is 0.244 e. The number of rotatable bonds is 12. The summed E-state index contributed by atoms with van der Waals surface area (Å²) in [5.41, 5.74) is 0.386. The number of amides is 2. The van der Waals surface area contributed by atoms with Gasteiger partial charge >= 0.3 is 0 Å². The number of nitrogens with zero attached hydrogens (tertiary/aromatic N) is 2. The molecule has 38 heavy (non-hydrogen) atoms. The average Bonchev–Trinajstić information content (AvgIpc) is 2.85. The molecular weight excluding hydrogens is 510 g/mol. The normalized spacial score (nSPS) is 12.3. The van der Waals surface area contributed by atoms with E-state index < -0.39 is 34.1 Å². The Morgan fingerprint density at radius 3 is 2.00 bits per heavy atom. The molecule has 2 aromatic rings. The molecule has 2 amide bonds.